The van der Waals surface area contributed by atoms with Gasteiger partial charge in [0.05, 0.1) is 18.0 Å². The van der Waals surface area contributed by atoms with Crippen molar-refractivity contribution in [3.8, 4) is 11.3 Å². The van der Waals surface area contributed by atoms with Crippen LogP contribution in [0.15, 0.2) is 30.7 Å². The van der Waals surface area contributed by atoms with E-state index < -0.39 is 0 Å². The van der Waals surface area contributed by atoms with Crippen molar-refractivity contribution in [2.75, 3.05) is 13.2 Å². The molecule has 2 aromatic rings. The lowest BCUT2D eigenvalue weighted by Crippen LogP contribution is -2.25. The predicted octanol–water partition coefficient (Wildman–Crippen LogP) is 2.52. The van der Waals surface area contributed by atoms with Gasteiger partial charge in [0.15, 0.2) is 0 Å². The van der Waals surface area contributed by atoms with Gasteiger partial charge in [-0.1, -0.05) is 0 Å². The summed E-state index contributed by atoms with van der Waals surface area (Å²) < 4.78 is 5.74. The number of nitrogens with one attached hydrogen (secondary N) is 2. The van der Waals surface area contributed by atoms with Crippen LogP contribution in [0.5, 0.6) is 0 Å². The zero-order valence-electron chi connectivity index (χ0n) is 12.2. The van der Waals surface area contributed by atoms with Gasteiger partial charge in [0.25, 0.3) is 0 Å². The van der Waals surface area contributed by atoms with Crippen molar-refractivity contribution < 1.29 is 4.74 Å². The van der Waals surface area contributed by atoms with Gasteiger partial charge in [0.1, 0.15) is 0 Å². The molecule has 1 fully saturated rings. The van der Waals surface area contributed by atoms with E-state index in [1.807, 2.05) is 24.5 Å². The fourth-order valence-corrected chi connectivity index (χ4v) is 2.73. The summed E-state index contributed by atoms with van der Waals surface area (Å²) in [4.78, 5) is 4.15. The van der Waals surface area contributed by atoms with Crippen molar-refractivity contribution in [3.05, 3.63) is 36.3 Å². The fraction of sp³-hybridized carbons (Fsp3) is 0.500. The molecule has 5 nitrogen and oxygen atoms in total. The Hall–Kier alpha value is -1.72. The molecule has 1 saturated heterocycles. The van der Waals surface area contributed by atoms with E-state index in [1.54, 1.807) is 6.20 Å². The molecule has 1 atom stereocenters. The van der Waals surface area contributed by atoms with Gasteiger partial charge in [-0.3, -0.25) is 10.1 Å². The second-order valence-corrected chi connectivity index (χ2v) is 5.47. The molecule has 21 heavy (non-hydrogen) atoms. The maximum Gasteiger partial charge on any atom is 0.0710 e. The predicted molar refractivity (Wildman–Crippen MR) is 81.7 cm³/mol. The monoisotopic (exact) mass is 286 g/mol. The summed E-state index contributed by atoms with van der Waals surface area (Å²) in [5.41, 5.74) is 3.29. The van der Waals surface area contributed by atoms with E-state index in [0.29, 0.717) is 6.10 Å². The third-order valence-corrected chi connectivity index (χ3v) is 3.90. The van der Waals surface area contributed by atoms with Gasteiger partial charge in [-0.15, -0.1) is 0 Å². The van der Waals surface area contributed by atoms with Crippen LogP contribution in [0.1, 0.15) is 31.2 Å². The Morgan fingerprint density at radius 3 is 3.14 bits per heavy atom. The van der Waals surface area contributed by atoms with E-state index in [2.05, 4.69) is 20.5 Å². The van der Waals surface area contributed by atoms with Crippen LogP contribution in [0, 0.1) is 0 Å². The van der Waals surface area contributed by atoms with Crippen molar-refractivity contribution in [3.63, 3.8) is 0 Å². The lowest BCUT2D eigenvalue weighted by Gasteiger charge is -2.22. The standard InChI is InChI=1S/C16H22N4O/c1-2-9-21-15(5-1)6-8-18-11-14-12-19-20-16(14)13-4-3-7-17-10-13/h3-4,7,10,12,15,18H,1-2,5-6,8-9,11H2,(H,19,20). The molecule has 3 heterocycles. The van der Waals surface area contributed by atoms with Crippen molar-refractivity contribution in [1.82, 2.24) is 20.5 Å². The van der Waals surface area contributed by atoms with Gasteiger partial charge in [-0.25, -0.2) is 0 Å². The van der Waals surface area contributed by atoms with Crippen molar-refractivity contribution >= 4 is 0 Å². The number of pyridine rings is 1. The summed E-state index contributed by atoms with van der Waals surface area (Å²) in [5.74, 6) is 0. The minimum atomic E-state index is 0.438. The van der Waals surface area contributed by atoms with E-state index in [9.17, 15) is 0 Å². The van der Waals surface area contributed by atoms with Crippen LogP contribution in [0.25, 0.3) is 11.3 Å². The molecule has 1 aliphatic rings. The third kappa shape index (κ3) is 3.89. The number of H-pyrrole nitrogens is 1. The number of rotatable bonds is 6. The number of aromatic amines is 1. The summed E-state index contributed by atoms with van der Waals surface area (Å²) in [5, 5.41) is 10.7. The zero-order chi connectivity index (χ0) is 14.3. The molecule has 0 bridgehead atoms. The van der Waals surface area contributed by atoms with Gasteiger partial charge in [0.2, 0.25) is 0 Å². The van der Waals surface area contributed by atoms with Crippen LogP contribution in [0.3, 0.4) is 0 Å². The van der Waals surface area contributed by atoms with Crippen molar-refractivity contribution in [2.45, 2.75) is 38.3 Å². The Morgan fingerprint density at radius 1 is 1.33 bits per heavy atom. The molecule has 0 aliphatic carbocycles. The minimum absolute atomic E-state index is 0.438. The highest BCUT2D eigenvalue weighted by Crippen LogP contribution is 2.19. The van der Waals surface area contributed by atoms with Crippen molar-refractivity contribution in [1.29, 1.82) is 0 Å². The number of hydrogen-bond acceptors (Lipinski definition) is 4. The van der Waals surface area contributed by atoms with Gasteiger partial charge in [-0.05, 0) is 44.4 Å². The molecule has 0 radical (unpaired) electrons. The van der Waals surface area contributed by atoms with E-state index in [0.717, 1.165) is 37.4 Å². The number of nitrogens with zero attached hydrogens (tertiary/aromatic N) is 2. The summed E-state index contributed by atoms with van der Waals surface area (Å²) >= 11 is 0. The first-order chi connectivity index (χ1) is 10.4. The van der Waals surface area contributed by atoms with Crippen LogP contribution in [0.2, 0.25) is 0 Å². The first-order valence-corrected chi connectivity index (χ1v) is 7.68. The van der Waals surface area contributed by atoms with E-state index in [4.69, 9.17) is 4.74 Å². The molecule has 0 aromatic carbocycles. The molecule has 0 amide bonds. The highest BCUT2D eigenvalue weighted by Gasteiger charge is 2.13. The van der Waals surface area contributed by atoms with E-state index >= 15 is 0 Å². The van der Waals surface area contributed by atoms with Gasteiger partial charge >= 0.3 is 0 Å². The Kier molecular flexibility index (Phi) is 4.97. The first kappa shape index (κ1) is 14.2. The average Bonchev–Trinajstić information content (AvgIpc) is 3.02. The molecule has 1 aliphatic heterocycles. The molecular formula is C16H22N4O. The first-order valence-electron chi connectivity index (χ1n) is 7.68. The van der Waals surface area contributed by atoms with Crippen LogP contribution < -0.4 is 5.32 Å². The molecule has 0 saturated carbocycles. The molecule has 112 valence electrons. The second-order valence-electron chi connectivity index (χ2n) is 5.47. The quantitative estimate of drug-likeness (QED) is 0.801. The molecule has 3 rings (SSSR count). The minimum Gasteiger partial charge on any atom is -0.378 e. The van der Waals surface area contributed by atoms with Gasteiger partial charge < -0.3 is 10.1 Å². The number of ether oxygens (including phenoxy) is 1. The Balaban J connectivity index is 1.49. The molecule has 2 aromatic heterocycles. The third-order valence-electron chi connectivity index (χ3n) is 3.90. The maximum absolute atomic E-state index is 5.74. The number of aromatic nitrogens is 3. The summed E-state index contributed by atoms with van der Waals surface area (Å²) in [6.07, 6.45) is 10.8. The lowest BCUT2D eigenvalue weighted by atomic mass is 10.1. The Bertz CT molecular complexity index is 534. The molecule has 1 unspecified atom stereocenters. The van der Waals surface area contributed by atoms with E-state index in [1.165, 1.54) is 24.8 Å². The summed E-state index contributed by atoms with van der Waals surface area (Å²) in [6, 6.07) is 3.98. The van der Waals surface area contributed by atoms with Crippen LogP contribution in [-0.4, -0.2) is 34.4 Å². The molecule has 5 heteroatoms. The van der Waals surface area contributed by atoms with Crippen molar-refractivity contribution in [2.24, 2.45) is 0 Å². The maximum atomic E-state index is 5.74. The van der Waals surface area contributed by atoms with Gasteiger partial charge in [0, 0.05) is 36.7 Å². The zero-order valence-corrected chi connectivity index (χ0v) is 12.2. The SMILES string of the molecule is c1cncc(-c2[nH]ncc2CNCCC2CCCCO2)c1. The van der Waals surface area contributed by atoms with Crippen LogP contribution in [0.4, 0.5) is 0 Å². The highest BCUT2D eigenvalue weighted by atomic mass is 16.5. The van der Waals surface area contributed by atoms with Crippen LogP contribution in [-0.2, 0) is 11.3 Å². The average molecular weight is 286 g/mol. The normalized spacial score (nSPS) is 18.8. The topological polar surface area (TPSA) is 62.8 Å². The smallest absolute Gasteiger partial charge is 0.0710 e. The highest BCUT2D eigenvalue weighted by molar-refractivity contribution is 5.61. The Labute approximate surface area is 125 Å². The summed E-state index contributed by atoms with van der Waals surface area (Å²) in [7, 11) is 0. The van der Waals surface area contributed by atoms with Crippen LogP contribution >= 0.6 is 0 Å². The molecule has 2 N–H and O–H groups in total. The Morgan fingerprint density at radius 2 is 2.33 bits per heavy atom. The molecular weight excluding hydrogens is 264 g/mol. The number of hydrogen-bond donors (Lipinski definition) is 2. The lowest BCUT2D eigenvalue weighted by molar-refractivity contribution is 0.0115. The van der Waals surface area contributed by atoms with E-state index in [-0.39, 0.29) is 0 Å². The fourth-order valence-electron chi connectivity index (χ4n) is 2.73. The summed E-state index contributed by atoms with van der Waals surface area (Å²) in [6.45, 7) is 2.72. The molecule has 0 spiro atoms. The largest absolute Gasteiger partial charge is 0.378 e. The second kappa shape index (κ2) is 7.33. The van der Waals surface area contributed by atoms with Gasteiger partial charge in [-0.2, -0.15) is 5.10 Å².